The highest BCUT2D eigenvalue weighted by molar-refractivity contribution is 5.75. The molecule has 0 saturated carbocycles. The minimum Gasteiger partial charge on any atom is -0.394 e. The summed E-state index contributed by atoms with van der Waals surface area (Å²) in [6.07, 6.45) is 1.73. The molecule has 0 bridgehead atoms. The van der Waals surface area contributed by atoms with Crippen LogP contribution in [-0.2, 0) is 10.2 Å². The van der Waals surface area contributed by atoms with E-state index < -0.39 is 0 Å². The fourth-order valence-electron chi connectivity index (χ4n) is 3.62. The maximum Gasteiger partial charge on any atom is 0.318 e. The third-order valence-electron chi connectivity index (χ3n) is 5.05. The van der Waals surface area contributed by atoms with Gasteiger partial charge in [0, 0.05) is 6.54 Å². The molecule has 1 fully saturated rings. The predicted molar refractivity (Wildman–Crippen MR) is 88.4 cm³/mol. The number of fused-ring (bicyclic) bond motifs is 1. The summed E-state index contributed by atoms with van der Waals surface area (Å²) in [5.41, 5.74) is 2.70. The molecule has 1 saturated heterocycles. The van der Waals surface area contributed by atoms with Crippen LogP contribution < -0.4 is 5.32 Å². The van der Waals surface area contributed by atoms with E-state index in [1.54, 1.807) is 4.90 Å². The van der Waals surface area contributed by atoms with E-state index in [1.807, 2.05) is 6.07 Å². The average Bonchev–Trinajstić information content (AvgIpc) is 2.57. The zero-order valence-electron chi connectivity index (χ0n) is 13.9. The Balaban J connectivity index is 1.72. The first-order chi connectivity index (χ1) is 11.0. The molecule has 126 valence electrons. The molecule has 0 aromatic heterocycles. The predicted octanol–water partition coefficient (Wildman–Crippen LogP) is 2.20. The van der Waals surface area contributed by atoms with E-state index in [2.05, 4.69) is 37.4 Å². The Labute approximate surface area is 137 Å². The zero-order chi connectivity index (χ0) is 16.4. The summed E-state index contributed by atoms with van der Waals surface area (Å²) in [7, 11) is 0. The van der Waals surface area contributed by atoms with Crippen LogP contribution in [0.5, 0.6) is 0 Å². The molecule has 0 spiro atoms. The van der Waals surface area contributed by atoms with Crippen LogP contribution in [0.4, 0.5) is 4.79 Å². The van der Waals surface area contributed by atoms with Gasteiger partial charge in [-0.1, -0.05) is 38.1 Å². The lowest BCUT2D eigenvalue weighted by Gasteiger charge is -2.39. The molecule has 0 unspecified atom stereocenters. The Morgan fingerprint density at radius 2 is 2.22 bits per heavy atom. The van der Waals surface area contributed by atoms with Crippen molar-refractivity contribution >= 4 is 6.03 Å². The third kappa shape index (κ3) is 3.35. The number of hydrogen-bond donors (Lipinski definition) is 2. The van der Waals surface area contributed by atoms with Gasteiger partial charge in [-0.2, -0.15) is 0 Å². The number of benzene rings is 1. The summed E-state index contributed by atoms with van der Waals surface area (Å²) in [5, 5.41) is 12.4. The van der Waals surface area contributed by atoms with Crippen LogP contribution in [0.1, 0.15) is 43.9 Å². The molecule has 2 atom stereocenters. The molecule has 1 heterocycles. The van der Waals surface area contributed by atoms with E-state index in [4.69, 9.17) is 4.74 Å². The highest BCUT2D eigenvalue weighted by Gasteiger charge is 2.34. The number of aliphatic hydroxyl groups excluding tert-OH is 1. The lowest BCUT2D eigenvalue weighted by atomic mass is 9.71. The maximum absolute atomic E-state index is 12.6. The molecule has 1 aliphatic heterocycles. The van der Waals surface area contributed by atoms with Gasteiger partial charge in [0.1, 0.15) is 0 Å². The second-order valence-corrected chi connectivity index (χ2v) is 7.13. The Morgan fingerprint density at radius 1 is 1.43 bits per heavy atom. The smallest absolute Gasteiger partial charge is 0.318 e. The van der Waals surface area contributed by atoms with Gasteiger partial charge in [-0.15, -0.1) is 0 Å². The van der Waals surface area contributed by atoms with Crippen molar-refractivity contribution in [1.82, 2.24) is 10.2 Å². The Morgan fingerprint density at radius 3 is 3.00 bits per heavy atom. The number of morpholine rings is 1. The van der Waals surface area contributed by atoms with Gasteiger partial charge in [-0.05, 0) is 29.4 Å². The lowest BCUT2D eigenvalue weighted by molar-refractivity contribution is -0.0405. The molecule has 5 nitrogen and oxygen atoms in total. The molecular weight excluding hydrogens is 292 g/mol. The largest absolute Gasteiger partial charge is 0.394 e. The van der Waals surface area contributed by atoms with E-state index in [0.29, 0.717) is 19.7 Å². The van der Waals surface area contributed by atoms with Gasteiger partial charge in [0.05, 0.1) is 31.9 Å². The van der Waals surface area contributed by atoms with Crippen LogP contribution in [0.25, 0.3) is 0 Å². The van der Waals surface area contributed by atoms with E-state index in [0.717, 1.165) is 12.8 Å². The molecular formula is C18H26N2O3. The van der Waals surface area contributed by atoms with Gasteiger partial charge < -0.3 is 20.1 Å². The molecule has 2 aliphatic rings. The van der Waals surface area contributed by atoms with Gasteiger partial charge in [-0.3, -0.25) is 0 Å². The number of hydrogen-bond acceptors (Lipinski definition) is 3. The van der Waals surface area contributed by atoms with E-state index in [-0.39, 0.29) is 30.2 Å². The van der Waals surface area contributed by atoms with Crippen LogP contribution in [0.3, 0.4) is 0 Å². The molecule has 2 N–H and O–H groups in total. The molecule has 23 heavy (non-hydrogen) atoms. The van der Waals surface area contributed by atoms with Crippen molar-refractivity contribution in [1.29, 1.82) is 0 Å². The molecule has 3 rings (SSSR count). The fraction of sp³-hybridized carbons (Fsp3) is 0.611. The number of carbonyl (C=O) groups excluding carboxylic acids is 1. The first-order valence-electron chi connectivity index (χ1n) is 8.38. The zero-order valence-corrected chi connectivity index (χ0v) is 13.9. The number of carbonyl (C=O) groups is 1. The van der Waals surface area contributed by atoms with Crippen molar-refractivity contribution in [3.05, 3.63) is 35.4 Å². The second-order valence-electron chi connectivity index (χ2n) is 7.13. The normalized spacial score (nSPS) is 26.5. The standard InChI is InChI=1S/C18H26N2O3/c1-18(2)8-7-16(14-5-3-4-6-15(14)18)19-17(22)20-9-10-23-13(11-20)12-21/h3-6,13,16,21H,7-12H2,1-2H3,(H,19,22)/t13-,16+/m1/s1. The van der Waals surface area contributed by atoms with Gasteiger partial charge >= 0.3 is 6.03 Å². The minimum atomic E-state index is -0.271. The van der Waals surface area contributed by atoms with E-state index >= 15 is 0 Å². The number of ether oxygens (including phenoxy) is 1. The summed E-state index contributed by atoms with van der Waals surface area (Å²) in [6, 6.07) is 8.39. The van der Waals surface area contributed by atoms with E-state index in [1.165, 1.54) is 11.1 Å². The second kappa shape index (κ2) is 6.49. The molecule has 1 aliphatic carbocycles. The monoisotopic (exact) mass is 318 g/mol. The van der Waals surface area contributed by atoms with Crippen molar-refractivity contribution < 1.29 is 14.6 Å². The number of nitrogens with zero attached hydrogens (tertiary/aromatic N) is 1. The minimum absolute atomic E-state index is 0.0514. The summed E-state index contributed by atoms with van der Waals surface area (Å²) < 4.78 is 5.41. The molecule has 5 heteroatoms. The SMILES string of the molecule is CC1(C)CC[C@H](NC(=O)N2CCO[C@@H](CO)C2)c2ccccc21. The lowest BCUT2D eigenvalue weighted by Crippen LogP contribution is -2.51. The first kappa shape index (κ1) is 16.3. The van der Waals surface area contributed by atoms with Gasteiger partial charge in [-0.25, -0.2) is 4.79 Å². The van der Waals surface area contributed by atoms with Crippen LogP contribution in [0, 0.1) is 0 Å². The summed E-state index contributed by atoms with van der Waals surface area (Å²) in [5.74, 6) is 0. The van der Waals surface area contributed by atoms with Gasteiger partial charge in [0.15, 0.2) is 0 Å². The summed E-state index contributed by atoms with van der Waals surface area (Å²) in [4.78, 5) is 14.3. The van der Waals surface area contributed by atoms with Crippen LogP contribution in [0.15, 0.2) is 24.3 Å². The maximum atomic E-state index is 12.6. The van der Waals surface area contributed by atoms with Crippen molar-refractivity contribution in [2.45, 2.75) is 44.2 Å². The third-order valence-corrected chi connectivity index (χ3v) is 5.05. The molecule has 1 aromatic carbocycles. The first-order valence-corrected chi connectivity index (χ1v) is 8.38. The fourth-order valence-corrected chi connectivity index (χ4v) is 3.62. The summed E-state index contributed by atoms with van der Waals surface area (Å²) in [6.45, 7) is 5.97. The summed E-state index contributed by atoms with van der Waals surface area (Å²) >= 11 is 0. The Kier molecular flexibility index (Phi) is 4.60. The van der Waals surface area contributed by atoms with Gasteiger partial charge in [0.2, 0.25) is 0 Å². The van der Waals surface area contributed by atoms with Crippen LogP contribution >= 0.6 is 0 Å². The number of rotatable bonds is 2. The van der Waals surface area contributed by atoms with Crippen LogP contribution in [-0.4, -0.2) is 48.4 Å². The van der Waals surface area contributed by atoms with Gasteiger partial charge in [0.25, 0.3) is 0 Å². The van der Waals surface area contributed by atoms with Crippen LogP contribution in [0.2, 0.25) is 0 Å². The van der Waals surface area contributed by atoms with Crippen molar-refractivity contribution in [3.63, 3.8) is 0 Å². The topological polar surface area (TPSA) is 61.8 Å². The quantitative estimate of drug-likeness (QED) is 0.879. The van der Waals surface area contributed by atoms with Crippen molar-refractivity contribution in [3.8, 4) is 0 Å². The Bertz CT molecular complexity index is 573. The van der Waals surface area contributed by atoms with Crippen molar-refractivity contribution in [2.24, 2.45) is 0 Å². The Hall–Kier alpha value is -1.59. The van der Waals surface area contributed by atoms with Crippen molar-refractivity contribution in [2.75, 3.05) is 26.3 Å². The number of amides is 2. The highest BCUT2D eigenvalue weighted by Crippen LogP contribution is 2.41. The molecule has 1 aromatic rings. The number of urea groups is 1. The average molecular weight is 318 g/mol. The molecule has 2 amide bonds. The highest BCUT2D eigenvalue weighted by atomic mass is 16.5. The number of aliphatic hydroxyl groups is 1. The van der Waals surface area contributed by atoms with E-state index in [9.17, 15) is 9.90 Å². The number of nitrogens with one attached hydrogen (secondary N) is 1. The molecule has 0 radical (unpaired) electrons.